The number of nitrogens with zero attached hydrogens (tertiary/aromatic N) is 1. The molecule has 0 bridgehead atoms. The van der Waals surface area contributed by atoms with Gasteiger partial charge in [0.05, 0.1) is 37.5 Å². The van der Waals surface area contributed by atoms with Gasteiger partial charge in [-0.1, -0.05) is 34.8 Å². The van der Waals surface area contributed by atoms with E-state index in [4.69, 9.17) is 44.3 Å². The summed E-state index contributed by atoms with van der Waals surface area (Å²) in [5, 5.41) is 6.86. The van der Waals surface area contributed by atoms with Crippen molar-refractivity contribution < 1.29 is 19.1 Å². The third-order valence-electron chi connectivity index (χ3n) is 4.89. The average molecular weight is 487 g/mol. The van der Waals surface area contributed by atoms with Gasteiger partial charge in [0.15, 0.2) is 0 Å². The molecule has 1 unspecified atom stereocenters. The Morgan fingerprint density at radius 1 is 1.00 bits per heavy atom. The molecule has 166 valence electrons. The standard InChI is InChI=1S/C21H22Cl3N3O4/c1-30-18-10-16(19(31-2)9-15(18)24)26-20(28)11-27-5-3-4-17(27)21(29)25-14-7-12(22)6-13(23)8-14/h6-10,17H,3-5,11H2,1-2H3,(H,25,29)(H,26,28). The molecule has 0 saturated carbocycles. The summed E-state index contributed by atoms with van der Waals surface area (Å²) in [6, 6.07) is 7.55. The lowest BCUT2D eigenvalue weighted by Gasteiger charge is -2.23. The largest absolute Gasteiger partial charge is 0.495 e. The molecule has 2 aromatic rings. The molecule has 0 aromatic heterocycles. The van der Waals surface area contributed by atoms with Gasteiger partial charge in [0.1, 0.15) is 11.5 Å². The maximum absolute atomic E-state index is 12.8. The number of anilines is 2. The van der Waals surface area contributed by atoms with Gasteiger partial charge in [-0.3, -0.25) is 14.5 Å². The van der Waals surface area contributed by atoms with Crippen molar-refractivity contribution in [1.82, 2.24) is 4.90 Å². The van der Waals surface area contributed by atoms with Crippen LogP contribution in [0.15, 0.2) is 30.3 Å². The highest BCUT2D eigenvalue weighted by Gasteiger charge is 2.32. The molecule has 1 aliphatic rings. The van der Waals surface area contributed by atoms with Crippen LogP contribution in [0.2, 0.25) is 15.1 Å². The fourth-order valence-electron chi connectivity index (χ4n) is 3.50. The first-order valence-electron chi connectivity index (χ1n) is 9.53. The number of halogens is 3. The molecule has 31 heavy (non-hydrogen) atoms. The predicted octanol–water partition coefficient (Wildman–Crippen LogP) is 4.71. The molecule has 1 aliphatic heterocycles. The van der Waals surface area contributed by atoms with Crippen molar-refractivity contribution in [2.24, 2.45) is 0 Å². The monoisotopic (exact) mass is 485 g/mol. The van der Waals surface area contributed by atoms with E-state index in [-0.39, 0.29) is 18.4 Å². The normalized spacial score (nSPS) is 16.1. The van der Waals surface area contributed by atoms with Crippen LogP contribution < -0.4 is 20.1 Å². The highest BCUT2D eigenvalue weighted by molar-refractivity contribution is 6.35. The maximum Gasteiger partial charge on any atom is 0.241 e. The van der Waals surface area contributed by atoms with Crippen LogP contribution in [-0.2, 0) is 9.59 Å². The smallest absolute Gasteiger partial charge is 0.241 e. The fraction of sp³-hybridized carbons (Fsp3) is 0.333. The van der Waals surface area contributed by atoms with Gasteiger partial charge >= 0.3 is 0 Å². The van der Waals surface area contributed by atoms with E-state index in [1.54, 1.807) is 30.3 Å². The van der Waals surface area contributed by atoms with Crippen LogP contribution in [0.1, 0.15) is 12.8 Å². The molecule has 1 fully saturated rings. The second kappa shape index (κ2) is 10.4. The lowest BCUT2D eigenvalue weighted by Crippen LogP contribution is -2.43. The first-order valence-corrected chi connectivity index (χ1v) is 10.7. The number of carbonyl (C=O) groups is 2. The van der Waals surface area contributed by atoms with E-state index in [0.29, 0.717) is 50.9 Å². The Hall–Kier alpha value is -2.19. The SMILES string of the molecule is COc1cc(NC(=O)CN2CCCC2C(=O)Nc2cc(Cl)cc(Cl)c2)c(OC)cc1Cl. The molecular formula is C21H22Cl3N3O4. The number of ether oxygens (including phenoxy) is 2. The Labute approximate surface area is 195 Å². The van der Waals surface area contributed by atoms with E-state index < -0.39 is 6.04 Å². The van der Waals surface area contributed by atoms with Crippen molar-refractivity contribution >= 4 is 58.0 Å². The van der Waals surface area contributed by atoms with Crippen LogP contribution in [0.3, 0.4) is 0 Å². The average Bonchev–Trinajstić information content (AvgIpc) is 3.16. The Balaban J connectivity index is 1.66. The summed E-state index contributed by atoms with van der Waals surface area (Å²) in [7, 11) is 2.97. The van der Waals surface area contributed by atoms with Crippen LogP contribution in [0, 0.1) is 0 Å². The van der Waals surface area contributed by atoms with Crippen molar-refractivity contribution in [3.63, 3.8) is 0 Å². The Morgan fingerprint density at radius 2 is 1.68 bits per heavy atom. The summed E-state index contributed by atoms with van der Waals surface area (Å²) in [5.74, 6) is 0.326. The van der Waals surface area contributed by atoms with Crippen molar-refractivity contribution in [2.75, 3.05) is 37.9 Å². The van der Waals surface area contributed by atoms with Crippen molar-refractivity contribution in [3.05, 3.63) is 45.4 Å². The van der Waals surface area contributed by atoms with Gasteiger partial charge < -0.3 is 20.1 Å². The van der Waals surface area contributed by atoms with Gasteiger partial charge in [0.25, 0.3) is 0 Å². The molecule has 10 heteroatoms. The molecule has 1 heterocycles. The number of nitrogens with one attached hydrogen (secondary N) is 2. The summed E-state index contributed by atoms with van der Waals surface area (Å²) in [6.07, 6.45) is 1.45. The molecule has 2 amide bonds. The Morgan fingerprint density at radius 3 is 2.32 bits per heavy atom. The number of likely N-dealkylation sites (tertiary alicyclic amines) is 1. The number of benzene rings is 2. The number of methoxy groups -OCH3 is 2. The Kier molecular flexibility index (Phi) is 7.89. The van der Waals surface area contributed by atoms with Gasteiger partial charge in [0.2, 0.25) is 11.8 Å². The van der Waals surface area contributed by atoms with Gasteiger partial charge in [-0.2, -0.15) is 0 Å². The minimum absolute atomic E-state index is 0.0441. The lowest BCUT2D eigenvalue weighted by atomic mass is 10.2. The number of hydrogen-bond acceptors (Lipinski definition) is 5. The summed E-state index contributed by atoms with van der Waals surface area (Å²) in [6.45, 7) is 0.672. The second-order valence-electron chi connectivity index (χ2n) is 7.01. The fourth-order valence-corrected chi connectivity index (χ4v) is 4.25. The molecule has 2 aromatic carbocycles. The molecule has 0 radical (unpaired) electrons. The van der Waals surface area contributed by atoms with Crippen LogP contribution in [-0.4, -0.2) is 50.1 Å². The molecule has 3 rings (SSSR count). The van der Waals surface area contributed by atoms with Gasteiger partial charge in [0, 0.05) is 27.9 Å². The maximum atomic E-state index is 12.8. The first kappa shape index (κ1) is 23.5. The van der Waals surface area contributed by atoms with Crippen LogP contribution >= 0.6 is 34.8 Å². The zero-order valence-electron chi connectivity index (χ0n) is 17.0. The highest BCUT2D eigenvalue weighted by atomic mass is 35.5. The highest BCUT2D eigenvalue weighted by Crippen LogP contribution is 2.36. The van der Waals surface area contributed by atoms with Gasteiger partial charge in [-0.15, -0.1) is 0 Å². The second-order valence-corrected chi connectivity index (χ2v) is 8.29. The number of rotatable bonds is 7. The van der Waals surface area contributed by atoms with Crippen molar-refractivity contribution in [3.8, 4) is 11.5 Å². The third-order valence-corrected chi connectivity index (χ3v) is 5.62. The molecule has 7 nitrogen and oxygen atoms in total. The van der Waals surface area contributed by atoms with E-state index >= 15 is 0 Å². The van der Waals surface area contributed by atoms with Crippen LogP contribution in [0.5, 0.6) is 11.5 Å². The zero-order valence-corrected chi connectivity index (χ0v) is 19.3. The van der Waals surface area contributed by atoms with E-state index in [2.05, 4.69) is 10.6 Å². The summed E-state index contributed by atoms with van der Waals surface area (Å²) < 4.78 is 10.5. The summed E-state index contributed by atoms with van der Waals surface area (Å²) in [5.41, 5.74) is 0.944. The topological polar surface area (TPSA) is 79.9 Å². The minimum Gasteiger partial charge on any atom is -0.495 e. The summed E-state index contributed by atoms with van der Waals surface area (Å²) >= 11 is 18.1. The van der Waals surface area contributed by atoms with Gasteiger partial charge in [-0.25, -0.2) is 0 Å². The van der Waals surface area contributed by atoms with Crippen molar-refractivity contribution in [2.45, 2.75) is 18.9 Å². The molecule has 1 atom stereocenters. The number of hydrogen-bond donors (Lipinski definition) is 2. The zero-order chi connectivity index (χ0) is 22.5. The van der Waals surface area contributed by atoms with Crippen molar-refractivity contribution in [1.29, 1.82) is 0 Å². The van der Waals surface area contributed by atoms with E-state index in [1.807, 2.05) is 4.90 Å². The van der Waals surface area contributed by atoms with E-state index in [1.165, 1.54) is 14.2 Å². The van der Waals surface area contributed by atoms with Crippen LogP contribution in [0.4, 0.5) is 11.4 Å². The predicted molar refractivity (Wildman–Crippen MR) is 123 cm³/mol. The quantitative estimate of drug-likeness (QED) is 0.593. The molecule has 2 N–H and O–H groups in total. The minimum atomic E-state index is -0.440. The van der Waals surface area contributed by atoms with Gasteiger partial charge in [-0.05, 0) is 37.6 Å². The van der Waals surface area contributed by atoms with Crippen LogP contribution in [0.25, 0.3) is 0 Å². The molecule has 0 aliphatic carbocycles. The van der Waals surface area contributed by atoms with E-state index in [9.17, 15) is 9.59 Å². The first-order chi connectivity index (χ1) is 14.8. The Bertz CT molecular complexity index is 966. The number of carbonyl (C=O) groups excluding carboxylic acids is 2. The molecular weight excluding hydrogens is 465 g/mol. The van der Waals surface area contributed by atoms with E-state index in [0.717, 1.165) is 6.42 Å². The third kappa shape index (κ3) is 5.95. The summed E-state index contributed by atoms with van der Waals surface area (Å²) in [4.78, 5) is 27.3. The molecule has 0 spiro atoms. The number of amides is 2. The lowest BCUT2D eigenvalue weighted by molar-refractivity contribution is -0.122. The molecule has 1 saturated heterocycles.